The number of carbonyl (C=O) groups excluding carboxylic acids is 1. The van der Waals surface area contributed by atoms with Gasteiger partial charge in [-0.25, -0.2) is 4.79 Å². The zero-order chi connectivity index (χ0) is 12.6. The van der Waals surface area contributed by atoms with E-state index >= 15 is 0 Å². The number of pyridine rings is 1. The van der Waals surface area contributed by atoms with E-state index in [9.17, 15) is 4.79 Å². The van der Waals surface area contributed by atoms with Crippen molar-refractivity contribution in [2.45, 2.75) is 13.8 Å². The van der Waals surface area contributed by atoms with Crippen molar-refractivity contribution < 1.29 is 9.53 Å². The van der Waals surface area contributed by atoms with Crippen LogP contribution in [0.3, 0.4) is 0 Å². The summed E-state index contributed by atoms with van der Waals surface area (Å²) in [4.78, 5) is 16.3. The molecule has 0 bridgehead atoms. The number of benzene rings is 1. The van der Waals surface area contributed by atoms with Crippen molar-refractivity contribution >= 4 is 32.8 Å². The van der Waals surface area contributed by atoms with Crippen molar-refractivity contribution in [3.05, 3.63) is 39.5 Å². The van der Waals surface area contributed by atoms with Crippen molar-refractivity contribution in [3.8, 4) is 0 Å². The third-order valence-electron chi connectivity index (χ3n) is 2.82. The van der Waals surface area contributed by atoms with Gasteiger partial charge in [0.2, 0.25) is 0 Å². The molecule has 0 N–H and O–H groups in total. The monoisotopic (exact) mass is 293 g/mol. The van der Waals surface area contributed by atoms with Crippen LogP contribution in [0.15, 0.2) is 22.7 Å². The van der Waals surface area contributed by atoms with E-state index in [0.29, 0.717) is 5.56 Å². The van der Waals surface area contributed by atoms with Gasteiger partial charge in [-0.3, -0.25) is 4.98 Å². The number of fused-ring (bicyclic) bond motifs is 1. The minimum Gasteiger partial charge on any atom is -0.465 e. The summed E-state index contributed by atoms with van der Waals surface area (Å²) in [6, 6.07) is 5.69. The first kappa shape index (κ1) is 12.0. The number of ether oxygens (including phenoxy) is 1. The van der Waals surface area contributed by atoms with E-state index in [0.717, 1.165) is 26.6 Å². The molecule has 2 aromatic rings. The predicted octanol–water partition coefficient (Wildman–Crippen LogP) is 3.40. The molecule has 0 radical (unpaired) electrons. The third kappa shape index (κ3) is 2.05. The zero-order valence-corrected chi connectivity index (χ0v) is 11.5. The molecule has 0 aliphatic rings. The van der Waals surface area contributed by atoms with Crippen molar-refractivity contribution in [3.63, 3.8) is 0 Å². The van der Waals surface area contributed by atoms with Crippen molar-refractivity contribution in [1.29, 1.82) is 0 Å². The number of aromatic nitrogens is 1. The molecule has 88 valence electrons. The van der Waals surface area contributed by atoms with Crippen LogP contribution in [0.5, 0.6) is 0 Å². The Bertz CT molecular complexity index is 608. The van der Waals surface area contributed by atoms with Crippen LogP contribution in [0.25, 0.3) is 10.9 Å². The maximum Gasteiger partial charge on any atom is 0.338 e. The van der Waals surface area contributed by atoms with Gasteiger partial charge >= 0.3 is 5.97 Å². The van der Waals surface area contributed by atoms with Crippen LogP contribution in [0.2, 0.25) is 0 Å². The first-order valence-corrected chi connectivity index (χ1v) is 5.98. The minimum absolute atomic E-state index is 0.323. The number of hydrogen-bond donors (Lipinski definition) is 0. The van der Waals surface area contributed by atoms with Gasteiger partial charge in [-0.15, -0.1) is 0 Å². The fraction of sp³-hybridized carbons (Fsp3) is 0.231. The summed E-state index contributed by atoms with van der Waals surface area (Å²) in [6.07, 6.45) is 0. The smallest absolute Gasteiger partial charge is 0.338 e. The highest BCUT2D eigenvalue weighted by Gasteiger charge is 2.16. The molecule has 1 aromatic heterocycles. The molecule has 0 aliphatic carbocycles. The lowest BCUT2D eigenvalue weighted by Gasteiger charge is -2.10. The summed E-state index contributed by atoms with van der Waals surface area (Å²) in [5.74, 6) is -0.323. The molecule has 2 rings (SSSR count). The predicted molar refractivity (Wildman–Crippen MR) is 70.3 cm³/mol. The van der Waals surface area contributed by atoms with Gasteiger partial charge in [-0.1, -0.05) is 15.9 Å². The maximum absolute atomic E-state index is 11.8. The topological polar surface area (TPSA) is 39.2 Å². The molecule has 0 atom stereocenters. The van der Waals surface area contributed by atoms with Crippen LogP contribution < -0.4 is 0 Å². The second-order valence-electron chi connectivity index (χ2n) is 3.85. The number of nitrogens with zero attached hydrogens (tertiary/aromatic N) is 1. The zero-order valence-electron chi connectivity index (χ0n) is 9.87. The Hall–Kier alpha value is -1.42. The fourth-order valence-corrected chi connectivity index (χ4v) is 2.18. The molecule has 0 aliphatic heterocycles. The highest BCUT2D eigenvalue weighted by atomic mass is 79.9. The molecule has 0 fully saturated rings. The number of aryl methyl sites for hydroxylation is 1. The summed E-state index contributed by atoms with van der Waals surface area (Å²) in [5, 5.41) is 0.814. The van der Waals surface area contributed by atoms with Gasteiger partial charge in [0.25, 0.3) is 0 Å². The van der Waals surface area contributed by atoms with Gasteiger partial charge in [-0.2, -0.15) is 0 Å². The standard InChI is InChI=1S/C13H12BrNO2/c1-7-8(2)15-11-5-4-9(14)6-10(11)12(7)13(16)17-3/h4-6H,1-3H3. The molecule has 4 heteroatoms. The summed E-state index contributed by atoms with van der Waals surface area (Å²) in [7, 11) is 1.39. The maximum atomic E-state index is 11.8. The lowest BCUT2D eigenvalue weighted by Crippen LogP contribution is -2.07. The summed E-state index contributed by atoms with van der Waals surface area (Å²) < 4.78 is 5.75. The Labute approximate surface area is 108 Å². The lowest BCUT2D eigenvalue weighted by atomic mass is 10.0. The van der Waals surface area contributed by atoms with E-state index in [1.54, 1.807) is 0 Å². The third-order valence-corrected chi connectivity index (χ3v) is 3.32. The quantitative estimate of drug-likeness (QED) is 0.757. The van der Waals surface area contributed by atoms with Crippen molar-refractivity contribution in [1.82, 2.24) is 4.98 Å². The number of carbonyl (C=O) groups is 1. The molecule has 1 heterocycles. The molecule has 17 heavy (non-hydrogen) atoms. The minimum atomic E-state index is -0.323. The second kappa shape index (κ2) is 4.45. The van der Waals surface area contributed by atoms with Crippen molar-refractivity contribution in [2.75, 3.05) is 7.11 Å². The average Bonchev–Trinajstić information content (AvgIpc) is 2.31. The van der Waals surface area contributed by atoms with Crippen LogP contribution in [0, 0.1) is 13.8 Å². The number of rotatable bonds is 1. The SMILES string of the molecule is COC(=O)c1c(C)c(C)nc2ccc(Br)cc12. The van der Waals surface area contributed by atoms with Gasteiger partial charge in [0, 0.05) is 15.6 Å². The van der Waals surface area contributed by atoms with Crippen LogP contribution >= 0.6 is 15.9 Å². The largest absolute Gasteiger partial charge is 0.465 e. The van der Waals surface area contributed by atoms with E-state index in [1.807, 2.05) is 32.0 Å². The summed E-state index contributed by atoms with van der Waals surface area (Å²) >= 11 is 3.40. The molecule has 0 saturated carbocycles. The normalized spacial score (nSPS) is 10.6. The molecular formula is C13H12BrNO2. The average molecular weight is 294 g/mol. The van der Waals surface area contributed by atoms with E-state index < -0.39 is 0 Å². The number of hydrogen-bond acceptors (Lipinski definition) is 3. The molecule has 0 spiro atoms. The van der Waals surface area contributed by atoms with Gasteiger partial charge in [-0.05, 0) is 37.6 Å². The van der Waals surface area contributed by atoms with Crippen LogP contribution in [0.4, 0.5) is 0 Å². The van der Waals surface area contributed by atoms with E-state index in [-0.39, 0.29) is 5.97 Å². The van der Waals surface area contributed by atoms with Crippen LogP contribution in [0.1, 0.15) is 21.6 Å². The lowest BCUT2D eigenvalue weighted by molar-refractivity contribution is 0.0602. The fourth-order valence-electron chi connectivity index (χ4n) is 1.82. The van der Waals surface area contributed by atoms with E-state index in [1.165, 1.54) is 7.11 Å². The molecule has 1 aromatic carbocycles. The Balaban J connectivity index is 2.89. The van der Waals surface area contributed by atoms with E-state index in [4.69, 9.17) is 4.74 Å². The summed E-state index contributed by atoms with van der Waals surface area (Å²) in [5.41, 5.74) is 3.11. The Morgan fingerprint density at radius 3 is 2.71 bits per heavy atom. The summed E-state index contributed by atoms with van der Waals surface area (Å²) in [6.45, 7) is 3.78. The second-order valence-corrected chi connectivity index (χ2v) is 4.77. The number of halogens is 1. The Morgan fingerprint density at radius 2 is 2.06 bits per heavy atom. The molecular weight excluding hydrogens is 282 g/mol. The molecule has 0 amide bonds. The first-order chi connectivity index (χ1) is 8.04. The molecule has 0 unspecified atom stereocenters. The number of methoxy groups -OCH3 is 1. The van der Waals surface area contributed by atoms with Gasteiger partial charge < -0.3 is 4.74 Å². The van der Waals surface area contributed by atoms with Gasteiger partial charge in [0.1, 0.15) is 0 Å². The molecule has 3 nitrogen and oxygen atoms in total. The Morgan fingerprint density at radius 1 is 1.35 bits per heavy atom. The Kier molecular flexibility index (Phi) is 3.15. The van der Waals surface area contributed by atoms with Crippen LogP contribution in [-0.4, -0.2) is 18.1 Å². The molecule has 0 saturated heterocycles. The van der Waals surface area contributed by atoms with Crippen molar-refractivity contribution in [2.24, 2.45) is 0 Å². The van der Waals surface area contributed by atoms with Crippen LogP contribution in [-0.2, 0) is 4.74 Å². The number of esters is 1. The highest BCUT2D eigenvalue weighted by molar-refractivity contribution is 9.10. The van der Waals surface area contributed by atoms with Gasteiger partial charge in [0.15, 0.2) is 0 Å². The van der Waals surface area contributed by atoms with E-state index in [2.05, 4.69) is 20.9 Å². The highest BCUT2D eigenvalue weighted by Crippen LogP contribution is 2.26. The first-order valence-electron chi connectivity index (χ1n) is 5.19. The van der Waals surface area contributed by atoms with Gasteiger partial charge in [0.05, 0.1) is 18.2 Å².